The van der Waals surface area contributed by atoms with E-state index >= 15 is 0 Å². The average Bonchev–Trinajstić information content (AvgIpc) is 2.29. The highest BCUT2D eigenvalue weighted by Crippen LogP contribution is 1.96. The Labute approximate surface area is 97.3 Å². The lowest BCUT2D eigenvalue weighted by Gasteiger charge is -2.00. The van der Waals surface area contributed by atoms with Crippen molar-refractivity contribution in [3.63, 3.8) is 0 Å². The van der Waals surface area contributed by atoms with Crippen LogP contribution in [-0.2, 0) is 11.3 Å². The highest BCUT2D eigenvalue weighted by Gasteiger charge is 2.01. The number of amides is 1. The predicted octanol–water partition coefficient (Wildman–Crippen LogP) is 2.64. The molecule has 0 aliphatic carbocycles. The van der Waals surface area contributed by atoms with Gasteiger partial charge in [-0.3, -0.25) is 4.79 Å². The minimum atomic E-state index is -0.223. The lowest BCUT2D eigenvalue weighted by Crippen LogP contribution is -2.24. The third-order valence-electron chi connectivity index (χ3n) is 1.56. The number of carbonyl (C=O) groups is 1. The summed E-state index contributed by atoms with van der Waals surface area (Å²) in [6.45, 7) is 11.1. The van der Waals surface area contributed by atoms with Crippen molar-refractivity contribution in [2.75, 3.05) is 6.54 Å². The number of nitrogens with one attached hydrogen (secondary N) is 1. The third kappa shape index (κ3) is 7.57. The van der Waals surface area contributed by atoms with Gasteiger partial charge in [-0.2, -0.15) is 0 Å². The summed E-state index contributed by atoms with van der Waals surface area (Å²) in [5, 5.41) is 2.65. The van der Waals surface area contributed by atoms with Crippen LogP contribution in [0, 0.1) is 6.57 Å². The maximum Gasteiger partial charge on any atom is 0.300 e. The van der Waals surface area contributed by atoms with Crippen molar-refractivity contribution in [2.45, 2.75) is 26.8 Å². The van der Waals surface area contributed by atoms with E-state index < -0.39 is 0 Å². The molecule has 16 heavy (non-hydrogen) atoms. The zero-order valence-corrected chi connectivity index (χ0v) is 9.86. The minimum Gasteiger partial charge on any atom is -0.346 e. The molecule has 0 bridgehead atoms. The van der Waals surface area contributed by atoms with Crippen molar-refractivity contribution in [1.29, 1.82) is 0 Å². The number of hydrogen-bond donors (Lipinski definition) is 1. The van der Waals surface area contributed by atoms with Crippen molar-refractivity contribution in [3.05, 3.63) is 47.3 Å². The SMILES string of the molecule is CCC.[C-]#[N+]CC(=O)NCc1ccccc1. The van der Waals surface area contributed by atoms with Crippen LogP contribution in [0.15, 0.2) is 30.3 Å². The Bertz CT molecular complexity index is 328. The molecule has 0 aromatic heterocycles. The Hall–Kier alpha value is -1.82. The third-order valence-corrected chi connectivity index (χ3v) is 1.56. The van der Waals surface area contributed by atoms with Crippen LogP contribution in [0.4, 0.5) is 0 Å². The van der Waals surface area contributed by atoms with Gasteiger partial charge in [0.25, 0.3) is 12.5 Å². The summed E-state index contributed by atoms with van der Waals surface area (Å²) in [6, 6.07) is 9.60. The van der Waals surface area contributed by atoms with Crippen LogP contribution in [0.25, 0.3) is 4.85 Å². The molecule has 0 saturated heterocycles. The van der Waals surface area contributed by atoms with Crippen molar-refractivity contribution in [3.8, 4) is 0 Å². The van der Waals surface area contributed by atoms with Crippen molar-refractivity contribution in [1.82, 2.24) is 5.32 Å². The van der Waals surface area contributed by atoms with Gasteiger partial charge < -0.3 is 10.2 Å². The first-order valence-electron chi connectivity index (χ1n) is 5.38. The van der Waals surface area contributed by atoms with Crippen LogP contribution in [0.5, 0.6) is 0 Å². The Morgan fingerprint density at radius 1 is 1.31 bits per heavy atom. The Morgan fingerprint density at radius 3 is 2.38 bits per heavy atom. The van der Waals surface area contributed by atoms with Gasteiger partial charge in [-0.1, -0.05) is 50.6 Å². The molecule has 1 N–H and O–H groups in total. The summed E-state index contributed by atoms with van der Waals surface area (Å²) < 4.78 is 0. The fourth-order valence-corrected chi connectivity index (χ4v) is 0.924. The summed E-state index contributed by atoms with van der Waals surface area (Å²) in [7, 11) is 0. The van der Waals surface area contributed by atoms with E-state index in [1.54, 1.807) is 0 Å². The van der Waals surface area contributed by atoms with Crippen LogP contribution in [0.3, 0.4) is 0 Å². The zero-order valence-electron chi connectivity index (χ0n) is 9.86. The maximum absolute atomic E-state index is 10.9. The van der Waals surface area contributed by atoms with E-state index in [1.165, 1.54) is 6.42 Å². The summed E-state index contributed by atoms with van der Waals surface area (Å²) in [4.78, 5) is 13.9. The van der Waals surface area contributed by atoms with Crippen LogP contribution >= 0.6 is 0 Å². The van der Waals surface area contributed by atoms with E-state index in [4.69, 9.17) is 6.57 Å². The Balaban J connectivity index is 0.000000673. The highest BCUT2D eigenvalue weighted by atomic mass is 16.1. The van der Waals surface area contributed by atoms with E-state index in [-0.39, 0.29) is 12.5 Å². The van der Waals surface area contributed by atoms with E-state index in [0.29, 0.717) is 6.54 Å². The molecule has 0 aliphatic rings. The summed E-state index contributed by atoms with van der Waals surface area (Å²) in [5.74, 6) is -0.223. The highest BCUT2D eigenvalue weighted by molar-refractivity contribution is 5.79. The molecule has 0 spiro atoms. The molecule has 3 nitrogen and oxygen atoms in total. The van der Waals surface area contributed by atoms with Gasteiger partial charge in [-0.05, 0) is 5.56 Å². The minimum absolute atomic E-state index is 0.0904. The topological polar surface area (TPSA) is 33.5 Å². The molecule has 1 amide bonds. The number of nitrogens with zero attached hydrogens (tertiary/aromatic N) is 1. The largest absolute Gasteiger partial charge is 0.346 e. The summed E-state index contributed by atoms with van der Waals surface area (Å²) in [5.41, 5.74) is 1.04. The van der Waals surface area contributed by atoms with Crippen LogP contribution in [0.1, 0.15) is 25.8 Å². The fourth-order valence-electron chi connectivity index (χ4n) is 0.924. The second kappa shape index (κ2) is 9.72. The lowest BCUT2D eigenvalue weighted by molar-refractivity contribution is -0.119. The standard InChI is InChI=1S/C10H10N2O.C3H8/c1-11-8-10(13)12-7-9-5-3-2-4-6-9;1-3-2/h2-6H,7-8H2,(H,12,13);3H2,1-2H3. The summed E-state index contributed by atoms with van der Waals surface area (Å²) in [6.07, 6.45) is 1.25. The molecular weight excluding hydrogens is 200 g/mol. The molecule has 0 saturated carbocycles. The molecule has 0 fully saturated rings. The average molecular weight is 218 g/mol. The molecule has 1 aromatic rings. The van der Waals surface area contributed by atoms with Crippen LogP contribution in [0.2, 0.25) is 0 Å². The summed E-state index contributed by atoms with van der Waals surface area (Å²) >= 11 is 0. The van der Waals surface area contributed by atoms with Crippen molar-refractivity contribution in [2.24, 2.45) is 0 Å². The monoisotopic (exact) mass is 218 g/mol. The van der Waals surface area contributed by atoms with E-state index in [0.717, 1.165) is 5.56 Å². The van der Waals surface area contributed by atoms with Gasteiger partial charge in [0, 0.05) is 6.54 Å². The first kappa shape index (κ1) is 14.2. The van der Waals surface area contributed by atoms with Crippen molar-refractivity contribution >= 4 is 5.91 Å². The smallest absolute Gasteiger partial charge is 0.300 e. The zero-order chi connectivity index (χ0) is 12.2. The van der Waals surface area contributed by atoms with Gasteiger partial charge in [0.1, 0.15) is 0 Å². The number of carbonyl (C=O) groups excluding carboxylic acids is 1. The Kier molecular flexibility index (Phi) is 8.62. The van der Waals surface area contributed by atoms with Gasteiger partial charge in [0.15, 0.2) is 0 Å². The molecular formula is C13H18N2O. The van der Waals surface area contributed by atoms with Crippen LogP contribution in [-0.4, -0.2) is 12.5 Å². The fraction of sp³-hybridized carbons (Fsp3) is 0.385. The molecule has 1 aromatic carbocycles. The second-order valence-corrected chi connectivity index (χ2v) is 3.29. The molecule has 0 unspecified atom stereocenters. The van der Waals surface area contributed by atoms with E-state index in [2.05, 4.69) is 24.0 Å². The molecule has 1 rings (SSSR count). The molecule has 0 atom stereocenters. The van der Waals surface area contributed by atoms with Gasteiger partial charge in [-0.25, -0.2) is 6.57 Å². The van der Waals surface area contributed by atoms with Gasteiger partial charge >= 0.3 is 0 Å². The normalized spacial score (nSPS) is 8.31. The molecule has 3 heteroatoms. The lowest BCUT2D eigenvalue weighted by atomic mass is 10.2. The molecule has 0 heterocycles. The number of benzene rings is 1. The second-order valence-electron chi connectivity index (χ2n) is 3.29. The van der Waals surface area contributed by atoms with Gasteiger partial charge in [0.05, 0.1) is 0 Å². The first-order valence-corrected chi connectivity index (χ1v) is 5.38. The van der Waals surface area contributed by atoms with Crippen LogP contribution < -0.4 is 5.32 Å². The molecule has 0 aliphatic heterocycles. The molecule has 0 radical (unpaired) electrons. The van der Waals surface area contributed by atoms with E-state index in [9.17, 15) is 4.79 Å². The predicted molar refractivity (Wildman–Crippen MR) is 65.7 cm³/mol. The van der Waals surface area contributed by atoms with Crippen molar-refractivity contribution < 1.29 is 4.79 Å². The first-order chi connectivity index (χ1) is 7.74. The molecule has 86 valence electrons. The quantitative estimate of drug-likeness (QED) is 0.777. The van der Waals surface area contributed by atoms with E-state index in [1.807, 2.05) is 30.3 Å². The number of rotatable bonds is 3. The Morgan fingerprint density at radius 2 is 1.88 bits per heavy atom. The van der Waals surface area contributed by atoms with Gasteiger partial charge in [0.2, 0.25) is 0 Å². The van der Waals surface area contributed by atoms with Gasteiger partial charge in [-0.15, -0.1) is 0 Å². The number of hydrogen-bond acceptors (Lipinski definition) is 1. The maximum atomic E-state index is 10.9.